The average Bonchev–Trinajstić information content (AvgIpc) is 2.55. The molecule has 1 N–H and O–H groups in total. The van der Waals surface area contributed by atoms with Gasteiger partial charge >= 0.3 is 0 Å². The number of carbonyl (C=O) groups excluding carboxylic acids is 2. The normalized spacial score (nSPS) is 21.3. The zero-order valence-corrected chi connectivity index (χ0v) is 15.4. The van der Waals surface area contributed by atoms with E-state index in [0.29, 0.717) is 0 Å². The molecule has 2 amide bonds. The Hall–Kier alpha value is -1.10. The summed E-state index contributed by atoms with van der Waals surface area (Å²) in [7, 11) is 5.98. The van der Waals surface area contributed by atoms with Gasteiger partial charge in [-0.1, -0.05) is 13.3 Å². The van der Waals surface area contributed by atoms with Crippen LogP contribution in [0, 0.1) is 11.8 Å². The summed E-state index contributed by atoms with van der Waals surface area (Å²) < 4.78 is 0. The van der Waals surface area contributed by atoms with E-state index in [-0.39, 0.29) is 23.7 Å². The number of amides is 2. The fourth-order valence-electron chi connectivity index (χ4n) is 3.17. The highest BCUT2D eigenvalue weighted by atomic mass is 16.2. The molecule has 0 unspecified atom stereocenters. The van der Waals surface area contributed by atoms with Crippen molar-refractivity contribution in [3.63, 3.8) is 0 Å². The van der Waals surface area contributed by atoms with E-state index >= 15 is 0 Å². The first kappa shape index (κ1) is 19.9. The molecule has 5 heteroatoms. The number of hydrogen-bond donors (Lipinski definition) is 1. The van der Waals surface area contributed by atoms with Crippen molar-refractivity contribution in [2.24, 2.45) is 11.8 Å². The third-order valence-corrected chi connectivity index (χ3v) is 4.75. The van der Waals surface area contributed by atoms with Crippen molar-refractivity contribution in [2.45, 2.75) is 51.9 Å². The summed E-state index contributed by atoms with van der Waals surface area (Å²) in [5, 5.41) is 3.04. The van der Waals surface area contributed by atoms with Gasteiger partial charge in [0, 0.05) is 32.0 Å². The lowest BCUT2D eigenvalue weighted by atomic mass is 9.81. The third kappa shape index (κ3) is 7.34. The van der Waals surface area contributed by atoms with Crippen LogP contribution in [0.3, 0.4) is 0 Å². The number of carbonyl (C=O) groups is 2. The SMILES string of the molecule is CCCCN(C)C(=O)C1CCC(C(=O)NCCCN(C)C)CC1. The molecule has 0 bridgehead atoms. The number of rotatable bonds is 9. The Balaban J connectivity index is 2.26. The average molecular weight is 325 g/mol. The van der Waals surface area contributed by atoms with Gasteiger partial charge in [-0.3, -0.25) is 9.59 Å². The fourth-order valence-corrected chi connectivity index (χ4v) is 3.17. The van der Waals surface area contributed by atoms with Gasteiger partial charge < -0.3 is 15.1 Å². The molecule has 0 aromatic heterocycles. The molecular weight excluding hydrogens is 290 g/mol. The Bertz CT molecular complexity index is 363. The van der Waals surface area contributed by atoms with Gasteiger partial charge in [0.25, 0.3) is 0 Å². The number of hydrogen-bond acceptors (Lipinski definition) is 3. The highest BCUT2D eigenvalue weighted by molar-refractivity contribution is 5.81. The van der Waals surface area contributed by atoms with Crippen LogP contribution in [0.4, 0.5) is 0 Å². The molecule has 0 atom stereocenters. The first-order valence-corrected chi connectivity index (χ1v) is 9.13. The lowest BCUT2D eigenvalue weighted by Crippen LogP contribution is -2.39. The van der Waals surface area contributed by atoms with E-state index in [4.69, 9.17) is 0 Å². The quantitative estimate of drug-likeness (QED) is 0.661. The maximum Gasteiger partial charge on any atom is 0.225 e. The van der Waals surface area contributed by atoms with Crippen LogP contribution in [0.5, 0.6) is 0 Å². The monoisotopic (exact) mass is 325 g/mol. The highest BCUT2D eigenvalue weighted by Gasteiger charge is 2.30. The van der Waals surface area contributed by atoms with Crippen LogP contribution in [-0.4, -0.2) is 62.4 Å². The number of nitrogens with one attached hydrogen (secondary N) is 1. The van der Waals surface area contributed by atoms with Gasteiger partial charge in [0.1, 0.15) is 0 Å². The van der Waals surface area contributed by atoms with Gasteiger partial charge in [0.05, 0.1) is 0 Å². The zero-order valence-electron chi connectivity index (χ0n) is 15.4. The van der Waals surface area contributed by atoms with E-state index < -0.39 is 0 Å². The van der Waals surface area contributed by atoms with Gasteiger partial charge in [-0.15, -0.1) is 0 Å². The summed E-state index contributed by atoms with van der Waals surface area (Å²) in [6, 6.07) is 0. The fraction of sp³-hybridized carbons (Fsp3) is 0.889. The van der Waals surface area contributed by atoms with E-state index in [2.05, 4.69) is 17.1 Å². The van der Waals surface area contributed by atoms with Crippen LogP contribution in [0.25, 0.3) is 0 Å². The summed E-state index contributed by atoms with van der Waals surface area (Å²) in [4.78, 5) is 28.5. The Morgan fingerprint density at radius 2 is 1.57 bits per heavy atom. The van der Waals surface area contributed by atoms with Crippen LogP contribution in [0.1, 0.15) is 51.9 Å². The van der Waals surface area contributed by atoms with Gasteiger partial charge in [-0.25, -0.2) is 0 Å². The minimum absolute atomic E-state index is 0.0966. The van der Waals surface area contributed by atoms with Crippen molar-refractivity contribution in [3.8, 4) is 0 Å². The Morgan fingerprint density at radius 3 is 2.13 bits per heavy atom. The second kappa shape index (κ2) is 10.6. The molecule has 0 spiro atoms. The van der Waals surface area contributed by atoms with Crippen molar-refractivity contribution in [3.05, 3.63) is 0 Å². The van der Waals surface area contributed by atoms with Crippen LogP contribution >= 0.6 is 0 Å². The van der Waals surface area contributed by atoms with Gasteiger partial charge in [0.2, 0.25) is 11.8 Å². The topological polar surface area (TPSA) is 52.7 Å². The van der Waals surface area contributed by atoms with Crippen molar-refractivity contribution in [1.82, 2.24) is 15.1 Å². The molecule has 0 aromatic carbocycles. The summed E-state index contributed by atoms with van der Waals surface area (Å²) >= 11 is 0. The molecule has 0 aliphatic heterocycles. The minimum atomic E-state index is 0.0966. The van der Waals surface area contributed by atoms with Crippen molar-refractivity contribution >= 4 is 11.8 Å². The summed E-state index contributed by atoms with van der Waals surface area (Å²) in [5.74, 6) is 0.659. The minimum Gasteiger partial charge on any atom is -0.356 e. The molecule has 23 heavy (non-hydrogen) atoms. The predicted molar refractivity (Wildman–Crippen MR) is 94.2 cm³/mol. The van der Waals surface area contributed by atoms with Gasteiger partial charge in [0.15, 0.2) is 0 Å². The largest absolute Gasteiger partial charge is 0.356 e. The second-order valence-electron chi connectivity index (χ2n) is 7.11. The first-order valence-electron chi connectivity index (χ1n) is 9.13. The molecule has 0 heterocycles. The van der Waals surface area contributed by atoms with Crippen LogP contribution in [-0.2, 0) is 9.59 Å². The first-order chi connectivity index (χ1) is 11.0. The van der Waals surface area contributed by atoms with E-state index in [1.165, 1.54) is 0 Å². The highest BCUT2D eigenvalue weighted by Crippen LogP contribution is 2.30. The van der Waals surface area contributed by atoms with E-state index in [1.54, 1.807) is 0 Å². The van der Waals surface area contributed by atoms with E-state index in [9.17, 15) is 9.59 Å². The maximum atomic E-state index is 12.4. The Labute approximate surface area is 141 Å². The standard InChI is InChI=1S/C18H35N3O2/c1-5-6-14-21(4)18(23)16-10-8-15(9-11-16)17(22)19-12-7-13-20(2)3/h15-16H,5-14H2,1-4H3,(H,19,22). The molecule has 0 saturated heterocycles. The Morgan fingerprint density at radius 1 is 0.957 bits per heavy atom. The number of unbranched alkanes of at least 4 members (excludes halogenated alkanes) is 1. The molecule has 5 nitrogen and oxygen atoms in total. The van der Waals surface area contributed by atoms with Gasteiger partial charge in [-0.05, 0) is 59.2 Å². The lowest BCUT2D eigenvalue weighted by molar-refractivity contribution is -0.137. The summed E-state index contributed by atoms with van der Waals surface area (Å²) in [5.41, 5.74) is 0. The molecule has 1 aliphatic rings. The van der Waals surface area contributed by atoms with E-state index in [0.717, 1.165) is 64.6 Å². The van der Waals surface area contributed by atoms with Crippen LogP contribution in [0.2, 0.25) is 0 Å². The third-order valence-electron chi connectivity index (χ3n) is 4.75. The van der Waals surface area contributed by atoms with Crippen molar-refractivity contribution in [1.29, 1.82) is 0 Å². The smallest absolute Gasteiger partial charge is 0.225 e. The summed E-state index contributed by atoms with van der Waals surface area (Å²) in [6.45, 7) is 4.73. The second-order valence-corrected chi connectivity index (χ2v) is 7.11. The van der Waals surface area contributed by atoms with Crippen molar-refractivity contribution < 1.29 is 9.59 Å². The van der Waals surface area contributed by atoms with E-state index in [1.807, 2.05) is 26.0 Å². The lowest BCUT2D eigenvalue weighted by Gasteiger charge is -2.30. The molecule has 1 saturated carbocycles. The van der Waals surface area contributed by atoms with Crippen LogP contribution in [0.15, 0.2) is 0 Å². The molecule has 0 radical (unpaired) electrons. The molecular formula is C18H35N3O2. The molecule has 1 aliphatic carbocycles. The van der Waals surface area contributed by atoms with Crippen molar-refractivity contribution in [2.75, 3.05) is 40.8 Å². The predicted octanol–water partition coefficient (Wildman–Crippen LogP) is 2.12. The molecule has 1 fully saturated rings. The van der Waals surface area contributed by atoms with Crippen LogP contribution < -0.4 is 5.32 Å². The molecule has 134 valence electrons. The molecule has 1 rings (SSSR count). The number of nitrogens with zero attached hydrogens (tertiary/aromatic N) is 2. The maximum absolute atomic E-state index is 12.4. The Kier molecular flexibility index (Phi) is 9.22. The van der Waals surface area contributed by atoms with Gasteiger partial charge in [-0.2, -0.15) is 0 Å². The molecule has 0 aromatic rings. The summed E-state index contributed by atoms with van der Waals surface area (Å²) in [6.07, 6.45) is 6.55. The zero-order chi connectivity index (χ0) is 17.2.